The second kappa shape index (κ2) is 9.94. The normalized spacial score (nSPS) is 14.2. The van der Waals surface area contributed by atoms with Crippen LogP contribution in [0.2, 0.25) is 0 Å². The minimum absolute atomic E-state index is 0.264. The zero-order chi connectivity index (χ0) is 18.9. The summed E-state index contributed by atoms with van der Waals surface area (Å²) in [6, 6.07) is 5.83. The summed E-state index contributed by atoms with van der Waals surface area (Å²) < 4.78 is 4.80. The van der Waals surface area contributed by atoms with Gasteiger partial charge in [0.25, 0.3) is 0 Å². The molecule has 0 aliphatic carbocycles. The number of piperidine rings is 1. The number of carbonyl (C=O) groups is 3. The number of hydrogen-bond acceptors (Lipinski definition) is 5. The Morgan fingerprint density at radius 1 is 1.19 bits per heavy atom. The minimum atomic E-state index is -0.522. The molecule has 142 valence electrons. The molecular formula is C20H28N2O4. The number of nitrogens with one attached hydrogen (secondary N) is 1. The van der Waals surface area contributed by atoms with Crippen LogP contribution in [0.25, 0.3) is 0 Å². The maximum Gasteiger partial charge on any atom is 0.315 e. The largest absolute Gasteiger partial charge is 0.466 e. The first-order valence-electron chi connectivity index (χ1n) is 9.38. The van der Waals surface area contributed by atoms with Gasteiger partial charge < -0.3 is 15.0 Å². The maximum atomic E-state index is 12.0. The lowest BCUT2D eigenvalue weighted by atomic mass is 10.0. The number of carbonyl (C=O) groups excluding carboxylic acids is 3. The molecule has 0 radical (unpaired) electrons. The van der Waals surface area contributed by atoms with Crippen molar-refractivity contribution in [3.8, 4) is 0 Å². The summed E-state index contributed by atoms with van der Waals surface area (Å²) in [6.07, 6.45) is 3.94. The summed E-state index contributed by atoms with van der Waals surface area (Å²) >= 11 is 0. The molecule has 1 saturated heterocycles. The Labute approximate surface area is 154 Å². The van der Waals surface area contributed by atoms with Gasteiger partial charge in [0.05, 0.1) is 6.61 Å². The second-order valence-corrected chi connectivity index (χ2v) is 6.50. The van der Waals surface area contributed by atoms with Crippen molar-refractivity contribution < 1.29 is 19.1 Å². The number of anilines is 2. The van der Waals surface area contributed by atoms with Crippen LogP contribution in [0.1, 0.15) is 51.5 Å². The van der Waals surface area contributed by atoms with Crippen LogP contribution in [-0.2, 0) is 25.5 Å². The molecule has 0 atom stereocenters. The van der Waals surface area contributed by atoms with Gasteiger partial charge in [-0.1, -0.05) is 13.3 Å². The Hall–Kier alpha value is -2.37. The lowest BCUT2D eigenvalue weighted by Gasteiger charge is -2.30. The summed E-state index contributed by atoms with van der Waals surface area (Å²) in [4.78, 5) is 37.1. The summed E-state index contributed by atoms with van der Waals surface area (Å²) in [5.74, 6) is -0.578. The van der Waals surface area contributed by atoms with Crippen LogP contribution >= 0.6 is 0 Å². The monoisotopic (exact) mass is 360 g/mol. The smallest absolute Gasteiger partial charge is 0.315 e. The van der Waals surface area contributed by atoms with E-state index in [1.807, 2.05) is 18.2 Å². The molecule has 6 nitrogen and oxygen atoms in total. The number of amides is 1. The van der Waals surface area contributed by atoms with Gasteiger partial charge in [0.15, 0.2) is 0 Å². The van der Waals surface area contributed by atoms with E-state index in [-0.39, 0.29) is 18.9 Å². The van der Waals surface area contributed by atoms with Gasteiger partial charge in [0, 0.05) is 37.3 Å². The molecule has 1 heterocycles. The number of benzene rings is 1. The number of aryl methyl sites for hydroxylation is 1. The minimum Gasteiger partial charge on any atom is -0.466 e. The Kier molecular flexibility index (Phi) is 7.63. The van der Waals surface area contributed by atoms with Crippen LogP contribution in [0.5, 0.6) is 0 Å². The first-order chi connectivity index (χ1) is 12.5. The molecule has 1 N–H and O–H groups in total. The summed E-state index contributed by atoms with van der Waals surface area (Å²) in [5, 5.41) is 2.77. The number of esters is 1. The third-order valence-corrected chi connectivity index (χ3v) is 4.43. The fourth-order valence-corrected chi connectivity index (χ4v) is 3.08. The van der Waals surface area contributed by atoms with Gasteiger partial charge >= 0.3 is 5.97 Å². The predicted molar refractivity (Wildman–Crippen MR) is 101 cm³/mol. The lowest BCUT2D eigenvalue weighted by Crippen LogP contribution is -2.34. The molecule has 1 aromatic rings. The maximum absolute atomic E-state index is 12.0. The number of ether oxygens (including phenoxy) is 1. The van der Waals surface area contributed by atoms with Crippen LogP contribution in [0.3, 0.4) is 0 Å². The zero-order valence-electron chi connectivity index (χ0n) is 15.7. The van der Waals surface area contributed by atoms with E-state index in [9.17, 15) is 14.4 Å². The van der Waals surface area contributed by atoms with Crippen molar-refractivity contribution in [3.05, 3.63) is 23.8 Å². The van der Waals surface area contributed by atoms with Gasteiger partial charge in [0.1, 0.15) is 12.2 Å². The van der Waals surface area contributed by atoms with Crippen molar-refractivity contribution in [2.45, 2.75) is 52.4 Å². The molecule has 1 aliphatic rings. The van der Waals surface area contributed by atoms with Crippen molar-refractivity contribution >= 4 is 29.0 Å². The Morgan fingerprint density at radius 3 is 2.58 bits per heavy atom. The second-order valence-electron chi connectivity index (χ2n) is 6.50. The third kappa shape index (κ3) is 5.86. The van der Waals surface area contributed by atoms with E-state index < -0.39 is 5.97 Å². The average Bonchev–Trinajstić information content (AvgIpc) is 2.61. The number of nitrogens with zero attached hydrogens (tertiary/aromatic N) is 1. The highest BCUT2D eigenvalue weighted by atomic mass is 16.5. The van der Waals surface area contributed by atoms with E-state index in [1.54, 1.807) is 6.92 Å². The van der Waals surface area contributed by atoms with Crippen LogP contribution in [-0.4, -0.2) is 37.4 Å². The molecule has 0 spiro atoms. The van der Waals surface area contributed by atoms with E-state index >= 15 is 0 Å². The van der Waals surface area contributed by atoms with Gasteiger partial charge in [-0.15, -0.1) is 0 Å². The highest BCUT2D eigenvalue weighted by Crippen LogP contribution is 2.28. The van der Waals surface area contributed by atoms with Crippen molar-refractivity contribution in [1.82, 2.24) is 0 Å². The molecule has 0 aromatic heterocycles. The highest BCUT2D eigenvalue weighted by molar-refractivity contribution is 6.02. The Balaban J connectivity index is 2.10. The van der Waals surface area contributed by atoms with Gasteiger partial charge in [-0.25, -0.2) is 0 Å². The Morgan fingerprint density at radius 2 is 1.92 bits per heavy atom. The van der Waals surface area contributed by atoms with Crippen molar-refractivity contribution in [1.29, 1.82) is 0 Å². The molecule has 0 unspecified atom stereocenters. The number of ketones is 1. The molecule has 6 heteroatoms. The first-order valence-corrected chi connectivity index (χ1v) is 9.38. The van der Waals surface area contributed by atoms with Crippen LogP contribution < -0.4 is 10.2 Å². The molecule has 1 amide bonds. The van der Waals surface area contributed by atoms with Crippen molar-refractivity contribution in [3.63, 3.8) is 0 Å². The standard InChI is InChI=1S/C20H28N2O4/c1-3-5-6-15-13-16(21-19(24)14-20(25)26-4-2)7-8-18(15)22-11-9-17(23)10-12-22/h7-8,13H,3-6,9-12,14H2,1-2H3,(H,21,24). The molecule has 0 bridgehead atoms. The predicted octanol–water partition coefficient (Wildman–Crippen LogP) is 3.09. The zero-order valence-corrected chi connectivity index (χ0v) is 15.7. The van der Waals surface area contributed by atoms with E-state index in [1.165, 1.54) is 0 Å². The molecule has 26 heavy (non-hydrogen) atoms. The van der Waals surface area contributed by atoms with Gasteiger partial charge in [-0.3, -0.25) is 14.4 Å². The molecule has 1 fully saturated rings. The van der Waals surface area contributed by atoms with E-state index in [4.69, 9.17) is 4.74 Å². The molecule has 1 aromatic carbocycles. The SMILES string of the molecule is CCCCc1cc(NC(=O)CC(=O)OCC)ccc1N1CCC(=O)CC1. The number of unbranched alkanes of at least 4 members (excludes halogenated alkanes) is 1. The summed E-state index contributed by atoms with van der Waals surface area (Å²) in [5.41, 5.74) is 2.98. The topological polar surface area (TPSA) is 75.7 Å². The fourth-order valence-electron chi connectivity index (χ4n) is 3.08. The Bertz CT molecular complexity index is 647. The molecule has 1 aliphatic heterocycles. The van der Waals surface area contributed by atoms with E-state index in [2.05, 4.69) is 17.1 Å². The van der Waals surface area contributed by atoms with Crippen molar-refractivity contribution in [2.24, 2.45) is 0 Å². The fraction of sp³-hybridized carbons (Fsp3) is 0.550. The van der Waals surface area contributed by atoms with Gasteiger partial charge in [0.2, 0.25) is 5.91 Å². The number of hydrogen-bond donors (Lipinski definition) is 1. The molecule has 2 rings (SSSR count). The van der Waals surface area contributed by atoms with E-state index in [0.717, 1.165) is 43.6 Å². The summed E-state index contributed by atoms with van der Waals surface area (Å²) in [6.45, 7) is 5.60. The third-order valence-electron chi connectivity index (χ3n) is 4.43. The molecular weight excluding hydrogens is 332 g/mol. The summed E-state index contributed by atoms with van der Waals surface area (Å²) in [7, 11) is 0. The lowest BCUT2D eigenvalue weighted by molar-refractivity contribution is -0.145. The highest BCUT2D eigenvalue weighted by Gasteiger charge is 2.19. The van der Waals surface area contributed by atoms with Crippen LogP contribution in [0, 0.1) is 0 Å². The van der Waals surface area contributed by atoms with Gasteiger partial charge in [-0.05, 0) is 43.5 Å². The quantitative estimate of drug-likeness (QED) is 0.569. The van der Waals surface area contributed by atoms with Crippen molar-refractivity contribution in [2.75, 3.05) is 29.9 Å². The van der Waals surface area contributed by atoms with E-state index in [0.29, 0.717) is 24.3 Å². The van der Waals surface area contributed by atoms with Crippen LogP contribution in [0.15, 0.2) is 18.2 Å². The average molecular weight is 360 g/mol. The molecule has 0 saturated carbocycles. The number of rotatable bonds is 8. The van der Waals surface area contributed by atoms with Crippen LogP contribution in [0.4, 0.5) is 11.4 Å². The number of Topliss-reactive ketones (excluding diaryl/α,β-unsaturated/α-hetero) is 1. The first kappa shape index (κ1) is 19.9. The van der Waals surface area contributed by atoms with Gasteiger partial charge in [-0.2, -0.15) is 0 Å².